The summed E-state index contributed by atoms with van der Waals surface area (Å²) in [5.74, 6) is 3.20. The molecule has 8 heteroatoms. The number of amides is 1. The number of benzene rings is 2. The van der Waals surface area contributed by atoms with E-state index in [1.807, 2.05) is 54.6 Å². The molecule has 0 saturated carbocycles. The monoisotopic (exact) mass is 433 g/mol. The highest BCUT2D eigenvalue weighted by molar-refractivity contribution is 7.99. The van der Waals surface area contributed by atoms with Gasteiger partial charge in [-0.1, -0.05) is 48.0 Å². The molecule has 0 atom stereocenters. The van der Waals surface area contributed by atoms with Crippen LogP contribution in [0.1, 0.15) is 0 Å². The third kappa shape index (κ3) is 5.45. The second-order valence-corrected chi connectivity index (χ2v) is 7.99. The molecule has 2 heterocycles. The minimum atomic E-state index is -0.122. The highest BCUT2D eigenvalue weighted by atomic mass is 32.2. The number of hydrogen-bond acceptors (Lipinski definition) is 7. The van der Waals surface area contributed by atoms with Crippen LogP contribution in [0.5, 0.6) is 0 Å². The van der Waals surface area contributed by atoms with Crippen LogP contribution >= 0.6 is 11.8 Å². The molecule has 158 valence electrons. The maximum Gasteiger partial charge on any atom is 0.277 e. The van der Waals surface area contributed by atoms with Gasteiger partial charge in [-0.25, -0.2) is 0 Å². The molecule has 0 bridgehead atoms. The van der Waals surface area contributed by atoms with E-state index in [1.165, 1.54) is 11.8 Å². The quantitative estimate of drug-likeness (QED) is 0.453. The molecular formula is C23H23N5O2S. The van der Waals surface area contributed by atoms with Gasteiger partial charge in [0, 0.05) is 31.7 Å². The van der Waals surface area contributed by atoms with Gasteiger partial charge >= 0.3 is 0 Å². The van der Waals surface area contributed by atoms with Gasteiger partial charge in [-0.2, -0.15) is 0 Å². The Morgan fingerprint density at radius 3 is 2.58 bits per heavy atom. The summed E-state index contributed by atoms with van der Waals surface area (Å²) in [7, 11) is 0. The fourth-order valence-electron chi connectivity index (χ4n) is 3.41. The smallest absolute Gasteiger partial charge is 0.277 e. The zero-order valence-electron chi connectivity index (χ0n) is 17.0. The van der Waals surface area contributed by atoms with E-state index in [0.717, 1.165) is 43.1 Å². The molecule has 0 aliphatic carbocycles. The lowest BCUT2D eigenvalue weighted by Gasteiger charge is -2.36. The SMILES string of the molecule is C#CCN1CCN(c2ccccc2NC(=O)CSc2nnc(-c3ccccc3)o2)CC1. The van der Waals surface area contributed by atoms with Crippen LogP contribution in [0.3, 0.4) is 0 Å². The van der Waals surface area contributed by atoms with E-state index in [1.54, 1.807) is 0 Å². The maximum absolute atomic E-state index is 12.6. The van der Waals surface area contributed by atoms with Crippen LogP contribution in [0.25, 0.3) is 11.5 Å². The maximum atomic E-state index is 12.6. The average molecular weight is 434 g/mol. The topological polar surface area (TPSA) is 74.5 Å². The van der Waals surface area contributed by atoms with Gasteiger partial charge in [-0.3, -0.25) is 9.69 Å². The lowest BCUT2D eigenvalue weighted by atomic mass is 10.2. The van der Waals surface area contributed by atoms with Crippen LogP contribution in [0.15, 0.2) is 64.2 Å². The van der Waals surface area contributed by atoms with Crippen molar-refractivity contribution >= 4 is 29.0 Å². The number of aromatic nitrogens is 2. The molecule has 0 radical (unpaired) electrons. The van der Waals surface area contributed by atoms with Crippen LogP contribution in [0, 0.1) is 12.3 Å². The number of piperazine rings is 1. The van der Waals surface area contributed by atoms with E-state index >= 15 is 0 Å². The number of terminal acetylenes is 1. The Morgan fingerprint density at radius 2 is 1.81 bits per heavy atom. The van der Waals surface area contributed by atoms with Crippen LogP contribution in [-0.4, -0.2) is 59.5 Å². The first-order valence-corrected chi connectivity index (χ1v) is 11.0. The molecule has 1 saturated heterocycles. The first kappa shape index (κ1) is 21.0. The summed E-state index contributed by atoms with van der Waals surface area (Å²) in [5.41, 5.74) is 2.67. The first-order chi connectivity index (χ1) is 15.2. The van der Waals surface area contributed by atoms with Crippen molar-refractivity contribution in [3.8, 4) is 23.8 Å². The van der Waals surface area contributed by atoms with E-state index in [-0.39, 0.29) is 11.7 Å². The summed E-state index contributed by atoms with van der Waals surface area (Å²) in [5, 5.41) is 11.5. The number of thioether (sulfide) groups is 1. The molecule has 0 unspecified atom stereocenters. The van der Waals surface area contributed by atoms with Gasteiger partial charge in [0.25, 0.3) is 5.22 Å². The molecule has 0 spiro atoms. The van der Waals surface area contributed by atoms with Crippen LogP contribution in [0.4, 0.5) is 11.4 Å². The Morgan fingerprint density at radius 1 is 1.06 bits per heavy atom. The number of rotatable bonds is 7. The number of hydrogen-bond donors (Lipinski definition) is 1. The van der Waals surface area contributed by atoms with Crippen molar-refractivity contribution in [3.05, 3.63) is 54.6 Å². The van der Waals surface area contributed by atoms with Gasteiger partial charge in [-0.05, 0) is 24.3 Å². The van der Waals surface area contributed by atoms with Crippen LogP contribution < -0.4 is 10.2 Å². The Bertz CT molecular complexity index is 1060. The van der Waals surface area contributed by atoms with E-state index in [9.17, 15) is 4.79 Å². The molecule has 2 aromatic carbocycles. The lowest BCUT2D eigenvalue weighted by Crippen LogP contribution is -2.46. The second-order valence-electron chi connectivity index (χ2n) is 7.06. The first-order valence-electron chi connectivity index (χ1n) is 10.0. The number of carbonyl (C=O) groups excluding carboxylic acids is 1. The largest absolute Gasteiger partial charge is 0.411 e. The summed E-state index contributed by atoms with van der Waals surface area (Å²) in [6, 6.07) is 17.4. The Labute approximate surface area is 185 Å². The number of para-hydroxylation sites is 2. The normalized spacial score (nSPS) is 14.2. The van der Waals surface area contributed by atoms with Crippen molar-refractivity contribution in [3.63, 3.8) is 0 Å². The van der Waals surface area contributed by atoms with Crippen molar-refractivity contribution < 1.29 is 9.21 Å². The van der Waals surface area contributed by atoms with E-state index < -0.39 is 0 Å². The zero-order valence-corrected chi connectivity index (χ0v) is 17.8. The van der Waals surface area contributed by atoms with Gasteiger partial charge in [0.1, 0.15) is 0 Å². The third-order valence-corrected chi connectivity index (χ3v) is 5.78. The fraction of sp³-hybridized carbons (Fsp3) is 0.261. The van der Waals surface area contributed by atoms with Crippen molar-refractivity contribution in [2.75, 3.05) is 48.7 Å². The van der Waals surface area contributed by atoms with Crippen molar-refractivity contribution in [2.24, 2.45) is 0 Å². The standard InChI is InChI=1S/C23H23N5O2S/c1-2-12-27-13-15-28(16-14-27)20-11-7-6-10-19(20)24-21(29)17-31-23-26-25-22(30-23)18-8-4-3-5-9-18/h1,3-11H,12-17H2,(H,24,29). The zero-order chi connectivity index (χ0) is 21.5. The molecule has 1 aliphatic heterocycles. The van der Waals surface area contributed by atoms with Gasteiger partial charge in [0.05, 0.1) is 23.7 Å². The average Bonchev–Trinajstić information content (AvgIpc) is 3.29. The minimum Gasteiger partial charge on any atom is -0.411 e. The highest BCUT2D eigenvalue weighted by Crippen LogP contribution is 2.28. The van der Waals surface area contributed by atoms with Gasteiger partial charge in [0.2, 0.25) is 11.8 Å². The third-order valence-electron chi connectivity index (χ3n) is 4.96. The molecule has 1 amide bonds. The Balaban J connectivity index is 1.33. The summed E-state index contributed by atoms with van der Waals surface area (Å²) >= 11 is 1.22. The number of nitrogens with zero attached hydrogens (tertiary/aromatic N) is 4. The van der Waals surface area contributed by atoms with E-state index in [4.69, 9.17) is 10.8 Å². The molecular weight excluding hydrogens is 410 g/mol. The van der Waals surface area contributed by atoms with E-state index in [0.29, 0.717) is 17.7 Å². The number of nitrogens with one attached hydrogen (secondary N) is 1. The molecule has 4 rings (SSSR count). The summed E-state index contributed by atoms with van der Waals surface area (Å²) in [6.07, 6.45) is 5.42. The van der Waals surface area contributed by atoms with E-state index in [2.05, 4.69) is 31.2 Å². The molecule has 31 heavy (non-hydrogen) atoms. The second kappa shape index (κ2) is 10.2. The predicted octanol–water partition coefficient (Wildman–Crippen LogP) is 3.22. The molecule has 1 fully saturated rings. The molecule has 3 aromatic rings. The Hall–Kier alpha value is -3.28. The fourth-order valence-corrected chi connectivity index (χ4v) is 3.97. The van der Waals surface area contributed by atoms with Crippen molar-refractivity contribution in [1.29, 1.82) is 0 Å². The van der Waals surface area contributed by atoms with Gasteiger partial charge < -0.3 is 14.6 Å². The number of carbonyl (C=O) groups is 1. The van der Waals surface area contributed by atoms with Gasteiger partial charge in [0.15, 0.2) is 0 Å². The molecule has 1 N–H and O–H groups in total. The summed E-state index contributed by atoms with van der Waals surface area (Å²) < 4.78 is 5.65. The van der Waals surface area contributed by atoms with Crippen LogP contribution in [-0.2, 0) is 4.79 Å². The minimum absolute atomic E-state index is 0.122. The summed E-state index contributed by atoms with van der Waals surface area (Å²) in [4.78, 5) is 17.1. The predicted molar refractivity (Wildman–Crippen MR) is 123 cm³/mol. The van der Waals surface area contributed by atoms with Crippen LogP contribution in [0.2, 0.25) is 0 Å². The van der Waals surface area contributed by atoms with Crippen molar-refractivity contribution in [2.45, 2.75) is 5.22 Å². The molecule has 1 aromatic heterocycles. The molecule has 7 nitrogen and oxygen atoms in total. The van der Waals surface area contributed by atoms with Gasteiger partial charge in [-0.15, -0.1) is 16.6 Å². The highest BCUT2D eigenvalue weighted by Gasteiger charge is 2.19. The number of anilines is 2. The molecule has 1 aliphatic rings. The summed E-state index contributed by atoms with van der Waals surface area (Å²) in [6.45, 7) is 4.22. The Kier molecular flexibility index (Phi) is 6.87. The lowest BCUT2D eigenvalue weighted by molar-refractivity contribution is -0.113. The van der Waals surface area contributed by atoms with Crippen molar-refractivity contribution in [1.82, 2.24) is 15.1 Å².